The molecule has 4 fully saturated rings. The summed E-state index contributed by atoms with van der Waals surface area (Å²) in [6.45, 7) is 11.4. The van der Waals surface area contributed by atoms with Gasteiger partial charge in [-0.1, -0.05) is 27.7 Å². The van der Waals surface area contributed by atoms with Gasteiger partial charge in [-0.3, -0.25) is 4.79 Å². The zero-order valence-electron chi connectivity index (χ0n) is 17.5. The number of aliphatic hydroxyl groups is 1. The first kappa shape index (κ1) is 19.7. The smallest absolute Gasteiger partial charge is 0.302 e. The Labute approximate surface area is 163 Å². The second kappa shape index (κ2) is 6.17. The van der Waals surface area contributed by atoms with Gasteiger partial charge in [-0.25, -0.2) is 0 Å². The van der Waals surface area contributed by atoms with Crippen LogP contribution >= 0.6 is 0 Å². The van der Waals surface area contributed by atoms with Gasteiger partial charge in [0.05, 0.1) is 12.2 Å². The summed E-state index contributed by atoms with van der Waals surface area (Å²) in [7, 11) is 0. The zero-order chi connectivity index (χ0) is 19.7. The molecule has 0 aromatic heterocycles. The SMILES string of the molecule is CC(=O)O[C@H]1CC[C@@]2(C)C(CC[C@@H](C)[C@]23CC[C@@]2(CCO[C@H]2O)O3)C1(C)C. The quantitative estimate of drug-likeness (QED) is 0.701. The van der Waals surface area contributed by atoms with Crippen molar-refractivity contribution in [3.8, 4) is 0 Å². The van der Waals surface area contributed by atoms with Crippen LogP contribution in [0.15, 0.2) is 0 Å². The van der Waals surface area contributed by atoms with Crippen molar-refractivity contribution >= 4 is 5.97 Å². The summed E-state index contributed by atoms with van der Waals surface area (Å²) >= 11 is 0. The van der Waals surface area contributed by atoms with E-state index in [1.807, 2.05) is 0 Å². The number of hydrogen-bond acceptors (Lipinski definition) is 5. The minimum Gasteiger partial charge on any atom is -0.462 e. The molecular formula is C22H36O5. The summed E-state index contributed by atoms with van der Waals surface area (Å²) in [6.07, 6.45) is 5.92. The van der Waals surface area contributed by atoms with E-state index in [9.17, 15) is 9.90 Å². The molecule has 2 saturated carbocycles. The zero-order valence-corrected chi connectivity index (χ0v) is 17.5. The number of esters is 1. The van der Waals surface area contributed by atoms with Crippen LogP contribution in [0.2, 0.25) is 0 Å². The molecule has 0 amide bonds. The van der Waals surface area contributed by atoms with Crippen molar-refractivity contribution in [1.29, 1.82) is 0 Å². The van der Waals surface area contributed by atoms with Crippen molar-refractivity contribution in [1.82, 2.24) is 0 Å². The highest BCUT2D eigenvalue weighted by atomic mass is 16.7. The Bertz CT molecular complexity index is 618. The average molecular weight is 381 g/mol. The Morgan fingerprint density at radius 2 is 1.81 bits per heavy atom. The van der Waals surface area contributed by atoms with E-state index in [1.165, 1.54) is 6.92 Å². The molecule has 1 N–H and O–H groups in total. The third-order valence-electron chi connectivity index (χ3n) is 8.94. The van der Waals surface area contributed by atoms with E-state index < -0.39 is 11.9 Å². The van der Waals surface area contributed by atoms with Crippen molar-refractivity contribution in [3.05, 3.63) is 0 Å². The van der Waals surface area contributed by atoms with Crippen LogP contribution in [0.25, 0.3) is 0 Å². The summed E-state index contributed by atoms with van der Waals surface area (Å²) < 4.78 is 18.2. The first-order valence-corrected chi connectivity index (χ1v) is 10.7. The summed E-state index contributed by atoms with van der Waals surface area (Å²) in [5.74, 6) is 0.693. The second-order valence-corrected chi connectivity index (χ2v) is 10.4. The van der Waals surface area contributed by atoms with Gasteiger partial charge in [0.25, 0.3) is 0 Å². The molecule has 2 spiro atoms. The van der Waals surface area contributed by atoms with Gasteiger partial charge < -0.3 is 19.3 Å². The molecule has 154 valence electrons. The molecule has 2 heterocycles. The van der Waals surface area contributed by atoms with E-state index in [1.54, 1.807) is 0 Å². The Morgan fingerprint density at radius 3 is 2.44 bits per heavy atom. The predicted octanol–water partition coefficient (Wildman–Crippen LogP) is 3.82. The molecule has 0 aromatic rings. The third kappa shape index (κ3) is 2.57. The highest BCUT2D eigenvalue weighted by Gasteiger charge is 2.70. The molecule has 5 heteroatoms. The molecule has 5 nitrogen and oxygen atoms in total. The molecule has 0 radical (unpaired) electrons. The van der Waals surface area contributed by atoms with E-state index in [4.69, 9.17) is 14.2 Å². The van der Waals surface area contributed by atoms with Gasteiger partial charge in [-0.2, -0.15) is 0 Å². The van der Waals surface area contributed by atoms with E-state index in [0.717, 1.165) is 44.9 Å². The van der Waals surface area contributed by atoms with Crippen molar-refractivity contribution in [3.63, 3.8) is 0 Å². The largest absolute Gasteiger partial charge is 0.462 e. The van der Waals surface area contributed by atoms with Gasteiger partial charge in [0, 0.05) is 24.2 Å². The molecule has 7 atom stereocenters. The topological polar surface area (TPSA) is 65.0 Å². The van der Waals surface area contributed by atoms with Crippen molar-refractivity contribution in [2.24, 2.45) is 22.7 Å². The molecule has 0 aromatic carbocycles. The molecular weight excluding hydrogens is 344 g/mol. The van der Waals surface area contributed by atoms with Crippen LogP contribution in [0.4, 0.5) is 0 Å². The van der Waals surface area contributed by atoms with Crippen LogP contribution in [0.3, 0.4) is 0 Å². The molecule has 27 heavy (non-hydrogen) atoms. The number of carbonyl (C=O) groups excluding carboxylic acids is 1. The van der Waals surface area contributed by atoms with E-state index in [2.05, 4.69) is 27.7 Å². The fourth-order valence-corrected chi connectivity index (χ4v) is 7.42. The summed E-state index contributed by atoms with van der Waals surface area (Å²) in [5.41, 5.74) is -0.842. The molecule has 2 aliphatic carbocycles. The number of hydrogen-bond donors (Lipinski definition) is 1. The van der Waals surface area contributed by atoms with E-state index in [-0.39, 0.29) is 28.5 Å². The minimum absolute atomic E-state index is 0.0105. The van der Waals surface area contributed by atoms with Gasteiger partial charge >= 0.3 is 5.97 Å². The predicted molar refractivity (Wildman–Crippen MR) is 101 cm³/mol. The first-order valence-electron chi connectivity index (χ1n) is 10.7. The lowest BCUT2D eigenvalue weighted by Gasteiger charge is -2.65. The normalized spacial score (nSPS) is 51.5. The maximum absolute atomic E-state index is 11.7. The Hall–Kier alpha value is -0.650. The van der Waals surface area contributed by atoms with E-state index >= 15 is 0 Å². The fraction of sp³-hybridized carbons (Fsp3) is 0.955. The number of fused-ring (bicyclic) bond motifs is 2. The van der Waals surface area contributed by atoms with Crippen molar-refractivity contribution < 1.29 is 24.1 Å². The Kier molecular flexibility index (Phi) is 4.49. The van der Waals surface area contributed by atoms with Gasteiger partial charge in [0.15, 0.2) is 6.29 Å². The summed E-state index contributed by atoms with van der Waals surface area (Å²) in [4.78, 5) is 11.7. The fourth-order valence-electron chi connectivity index (χ4n) is 7.42. The Balaban J connectivity index is 1.69. The number of aliphatic hydroxyl groups excluding tert-OH is 1. The van der Waals surface area contributed by atoms with Gasteiger partial charge in [-0.15, -0.1) is 0 Å². The highest BCUT2D eigenvalue weighted by molar-refractivity contribution is 5.66. The lowest BCUT2D eigenvalue weighted by Crippen LogP contribution is -2.65. The molecule has 0 bridgehead atoms. The lowest BCUT2D eigenvalue weighted by molar-refractivity contribution is -0.282. The van der Waals surface area contributed by atoms with Crippen LogP contribution in [-0.4, -0.2) is 41.3 Å². The monoisotopic (exact) mass is 380 g/mol. The van der Waals surface area contributed by atoms with Gasteiger partial charge in [0.1, 0.15) is 11.7 Å². The standard InChI is InChI=1S/C22H36O5/c1-14-6-7-16-19(3,4)17(26-15(2)23)8-9-20(16,5)22(14)11-10-21(27-22)12-13-25-18(21)24/h14,16-18,24H,6-13H2,1-5H3/t14-,16?,17+,18-,20+,21+,22-/m1/s1. The molecule has 1 unspecified atom stereocenters. The second-order valence-electron chi connectivity index (χ2n) is 10.4. The molecule has 4 rings (SSSR count). The third-order valence-corrected chi connectivity index (χ3v) is 8.94. The van der Waals surface area contributed by atoms with Crippen molar-refractivity contribution in [2.45, 2.75) is 103 Å². The van der Waals surface area contributed by atoms with Crippen LogP contribution < -0.4 is 0 Å². The maximum Gasteiger partial charge on any atom is 0.302 e. The molecule has 2 aliphatic heterocycles. The molecule has 4 aliphatic rings. The highest BCUT2D eigenvalue weighted by Crippen LogP contribution is 2.68. The summed E-state index contributed by atoms with van der Waals surface area (Å²) in [6, 6.07) is 0. The number of ether oxygens (including phenoxy) is 3. The van der Waals surface area contributed by atoms with Crippen LogP contribution in [-0.2, 0) is 19.0 Å². The Morgan fingerprint density at radius 1 is 1.07 bits per heavy atom. The molecule has 2 saturated heterocycles. The van der Waals surface area contributed by atoms with Gasteiger partial charge in [0.2, 0.25) is 0 Å². The number of rotatable bonds is 1. The lowest BCUT2D eigenvalue weighted by atomic mass is 9.44. The summed E-state index contributed by atoms with van der Waals surface area (Å²) in [5, 5.41) is 10.5. The van der Waals surface area contributed by atoms with Crippen LogP contribution in [0, 0.1) is 22.7 Å². The number of carbonyl (C=O) groups is 1. The van der Waals surface area contributed by atoms with Gasteiger partial charge in [-0.05, 0) is 50.4 Å². The van der Waals surface area contributed by atoms with Crippen LogP contribution in [0.5, 0.6) is 0 Å². The first-order chi connectivity index (χ1) is 12.6. The minimum atomic E-state index is -0.807. The van der Waals surface area contributed by atoms with Crippen LogP contribution in [0.1, 0.15) is 79.6 Å². The van der Waals surface area contributed by atoms with Crippen molar-refractivity contribution in [2.75, 3.05) is 6.61 Å². The van der Waals surface area contributed by atoms with E-state index in [0.29, 0.717) is 18.4 Å². The average Bonchev–Trinajstić information content (AvgIpc) is 3.14. The maximum atomic E-state index is 11.7.